The smallest absolute Gasteiger partial charge is 0.0475 e. The number of halogens is 1. The van der Waals surface area contributed by atoms with Crippen molar-refractivity contribution >= 4 is 12.4 Å². The van der Waals surface area contributed by atoms with Gasteiger partial charge in [-0.05, 0) is 7.05 Å². The summed E-state index contributed by atoms with van der Waals surface area (Å²) in [5, 5.41) is 17.7. The van der Waals surface area contributed by atoms with E-state index >= 15 is 0 Å². The Morgan fingerprint density at radius 2 is 1.55 bits per heavy atom. The fourth-order valence-electron chi connectivity index (χ4n) is 1.59. The summed E-state index contributed by atoms with van der Waals surface area (Å²) in [7, 11) is 2.01. The molecule has 0 spiro atoms. The van der Waals surface area contributed by atoms with Gasteiger partial charge in [0.1, 0.15) is 0 Å². The molecule has 1 aliphatic heterocycles. The number of rotatable bonds is 2. The quantitative estimate of drug-likeness (QED) is 0.608. The highest BCUT2D eigenvalue weighted by Crippen LogP contribution is 2.20. The monoisotopic (exact) mass is 181 g/mol. The van der Waals surface area contributed by atoms with Gasteiger partial charge in [-0.25, -0.2) is 0 Å². The van der Waals surface area contributed by atoms with Crippen LogP contribution in [0, 0.1) is 11.8 Å². The van der Waals surface area contributed by atoms with Crippen LogP contribution in [0.4, 0.5) is 0 Å². The summed E-state index contributed by atoms with van der Waals surface area (Å²) in [4.78, 5) is 2.14. The highest BCUT2D eigenvalue weighted by Gasteiger charge is 2.29. The number of nitrogens with zero attached hydrogens (tertiary/aromatic N) is 1. The van der Waals surface area contributed by atoms with Crippen molar-refractivity contribution < 1.29 is 10.2 Å². The Hall–Kier alpha value is 0.170. The average Bonchev–Trinajstić information content (AvgIpc) is 2.30. The standard InChI is InChI=1S/C7H15NO2.ClH/c1-8-2-6(4-9)7(3-8)5-10;/h6-7,9-10H,2-5H2,1H3;1H. The highest BCUT2D eigenvalue weighted by molar-refractivity contribution is 5.85. The second-order valence-corrected chi connectivity index (χ2v) is 3.11. The summed E-state index contributed by atoms with van der Waals surface area (Å²) >= 11 is 0. The Kier molecular flexibility index (Phi) is 5.01. The molecule has 11 heavy (non-hydrogen) atoms. The van der Waals surface area contributed by atoms with Gasteiger partial charge in [0.2, 0.25) is 0 Å². The molecule has 1 rings (SSSR count). The fraction of sp³-hybridized carbons (Fsp3) is 1.00. The molecule has 0 aromatic rings. The molecule has 0 aliphatic carbocycles. The normalized spacial score (nSPS) is 31.9. The number of aliphatic hydroxyl groups excluding tert-OH is 2. The maximum absolute atomic E-state index is 8.85. The summed E-state index contributed by atoms with van der Waals surface area (Å²) in [5.41, 5.74) is 0. The Morgan fingerprint density at radius 3 is 1.82 bits per heavy atom. The van der Waals surface area contributed by atoms with Crippen molar-refractivity contribution in [2.45, 2.75) is 0 Å². The van der Waals surface area contributed by atoms with Gasteiger partial charge in [0, 0.05) is 38.1 Å². The van der Waals surface area contributed by atoms with E-state index in [1.54, 1.807) is 0 Å². The lowest BCUT2D eigenvalue weighted by Crippen LogP contribution is -2.19. The Balaban J connectivity index is 0.000001000. The third-order valence-corrected chi connectivity index (χ3v) is 2.23. The molecule has 4 heteroatoms. The maximum Gasteiger partial charge on any atom is 0.0475 e. The molecule has 0 aromatic carbocycles. The topological polar surface area (TPSA) is 43.7 Å². The van der Waals surface area contributed by atoms with E-state index in [0.717, 1.165) is 13.1 Å². The Morgan fingerprint density at radius 1 is 1.18 bits per heavy atom. The van der Waals surface area contributed by atoms with Gasteiger partial charge in [0.15, 0.2) is 0 Å². The highest BCUT2D eigenvalue weighted by atomic mass is 35.5. The zero-order valence-corrected chi connectivity index (χ0v) is 7.55. The minimum Gasteiger partial charge on any atom is -0.396 e. The summed E-state index contributed by atoms with van der Waals surface area (Å²) in [6.45, 7) is 2.24. The molecule has 0 amide bonds. The summed E-state index contributed by atoms with van der Waals surface area (Å²) < 4.78 is 0. The van der Waals surface area contributed by atoms with Gasteiger partial charge in [-0.15, -0.1) is 12.4 Å². The average molecular weight is 182 g/mol. The molecule has 68 valence electrons. The van der Waals surface area contributed by atoms with Crippen LogP contribution in [-0.2, 0) is 0 Å². The van der Waals surface area contributed by atoms with Crippen LogP contribution >= 0.6 is 12.4 Å². The molecule has 1 saturated heterocycles. The molecule has 2 N–H and O–H groups in total. The summed E-state index contributed by atoms with van der Waals surface area (Å²) in [5.74, 6) is 0.574. The first-order valence-corrected chi connectivity index (χ1v) is 3.68. The van der Waals surface area contributed by atoms with E-state index in [2.05, 4.69) is 4.90 Å². The minimum atomic E-state index is 0. The molecular formula is C7H16ClNO2. The van der Waals surface area contributed by atoms with Crippen molar-refractivity contribution in [1.29, 1.82) is 0 Å². The van der Waals surface area contributed by atoms with Gasteiger partial charge in [-0.1, -0.05) is 0 Å². The molecule has 0 saturated carbocycles. The van der Waals surface area contributed by atoms with Crippen LogP contribution in [0.5, 0.6) is 0 Å². The first-order valence-electron chi connectivity index (χ1n) is 3.68. The molecule has 3 nitrogen and oxygen atoms in total. The summed E-state index contributed by atoms with van der Waals surface area (Å²) in [6, 6.07) is 0. The lowest BCUT2D eigenvalue weighted by Gasteiger charge is -2.11. The predicted molar refractivity (Wildman–Crippen MR) is 45.9 cm³/mol. The van der Waals surface area contributed by atoms with Crippen LogP contribution in [0.2, 0.25) is 0 Å². The van der Waals surface area contributed by atoms with Crippen molar-refractivity contribution in [3.63, 3.8) is 0 Å². The molecule has 0 bridgehead atoms. The predicted octanol–water partition coefficient (Wildman–Crippen LogP) is -0.429. The van der Waals surface area contributed by atoms with Crippen molar-refractivity contribution in [3.05, 3.63) is 0 Å². The van der Waals surface area contributed by atoms with Crippen LogP contribution in [0.15, 0.2) is 0 Å². The second-order valence-electron chi connectivity index (χ2n) is 3.11. The van der Waals surface area contributed by atoms with E-state index < -0.39 is 0 Å². The fourth-order valence-corrected chi connectivity index (χ4v) is 1.59. The lowest BCUT2D eigenvalue weighted by atomic mass is 9.98. The molecule has 1 fully saturated rings. The van der Waals surface area contributed by atoms with Crippen LogP contribution in [0.25, 0.3) is 0 Å². The minimum absolute atomic E-state index is 0. The van der Waals surface area contributed by atoms with Gasteiger partial charge in [0.05, 0.1) is 0 Å². The van der Waals surface area contributed by atoms with Gasteiger partial charge < -0.3 is 15.1 Å². The largest absolute Gasteiger partial charge is 0.396 e. The molecule has 1 heterocycles. The lowest BCUT2D eigenvalue weighted by molar-refractivity contribution is 0.152. The first kappa shape index (κ1) is 11.2. The number of hydrogen-bond donors (Lipinski definition) is 2. The van der Waals surface area contributed by atoms with E-state index in [1.807, 2.05) is 7.05 Å². The summed E-state index contributed by atoms with van der Waals surface area (Å²) in [6.07, 6.45) is 0. The molecule has 2 atom stereocenters. The third kappa shape index (κ3) is 2.60. The molecular weight excluding hydrogens is 166 g/mol. The zero-order valence-electron chi connectivity index (χ0n) is 6.73. The second kappa shape index (κ2) is 4.93. The van der Waals surface area contributed by atoms with Crippen LogP contribution in [0.1, 0.15) is 0 Å². The van der Waals surface area contributed by atoms with E-state index in [9.17, 15) is 0 Å². The zero-order chi connectivity index (χ0) is 7.56. The van der Waals surface area contributed by atoms with Gasteiger partial charge in [-0.2, -0.15) is 0 Å². The number of likely N-dealkylation sites (tertiary alicyclic amines) is 1. The SMILES string of the molecule is CN1CC(CO)C(CO)C1.Cl. The van der Waals surface area contributed by atoms with Crippen molar-refractivity contribution in [2.75, 3.05) is 33.4 Å². The van der Waals surface area contributed by atoms with E-state index in [-0.39, 0.29) is 37.5 Å². The van der Waals surface area contributed by atoms with E-state index in [4.69, 9.17) is 10.2 Å². The van der Waals surface area contributed by atoms with Crippen LogP contribution < -0.4 is 0 Å². The third-order valence-electron chi connectivity index (χ3n) is 2.23. The molecule has 2 unspecified atom stereocenters. The van der Waals surface area contributed by atoms with Crippen LogP contribution in [-0.4, -0.2) is 48.5 Å². The molecule has 0 aromatic heterocycles. The number of hydrogen-bond acceptors (Lipinski definition) is 3. The van der Waals surface area contributed by atoms with Crippen LogP contribution in [0.3, 0.4) is 0 Å². The van der Waals surface area contributed by atoms with Gasteiger partial charge >= 0.3 is 0 Å². The van der Waals surface area contributed by atoms with Gasteiger partial charge in [-0.3, -0.25) is 0 Å². The molecule has 1 aliphatic rings. The van der Waals surface area contributed by atoms with Gasteiger partial charge in [0.25, 0.3) is 0 Å². The van der Waals surface area contributed by atoms with Crippen molar-refractivity contribution in [3.8, 4) is 0 Å². The molecule has 0 radical (unpaired) electrons. The maximum atomic E-state index is 8.85. The Bertz CT molecular complexity index is 101. The Labute approximate surface area is 73.4 Å². The van der Waals surface area contributed by atoms with E-state index in [0.29, 0.717) is 0 Å². The number of aliphatic hydroxyl groups is 2. The van der Waals surface area contributed by atoms with E-state index in [1.165, 1.54) is 0 Å². The first-order chi connectivity index (χ1) is 4.77. The van der Waals surface area contributed by atoms with Crippen molar-refractivity contribution in [2.24, 2.45) is 11.8 Å². The van der Waals surface area contributed by atoms with Crippen molar-refractivity contribution in [1.82, 2.24) is 4.90 Å².